The highest BCUT2D eigenvalue weighted by atomic mass is 16.2. The predicted octanol–water partition coefficient (Wildman–Crippen LogP) is 0.151. The van der Waals surface area contributed by atoms with Crippen LogP contribution in [0.4, 0.5) is 5.95 Å². The Hall–Kier alpha value is -1.73. The van der Waals surface area contributed by atoms with Crippen LogP contribution in [0.3, 0.4) is 0 Å². The van der Waals surface area contributed by atoms with Crippen LogP contribution in [0.2, 0.25) is 0 Å². The van der Waals surface area contributed by atoms with E-state index < -0.39 is 0 Å². The Kier molecular flexibility index (Phi) is 5.63. The molecule has 0 bridgehead atoms. The van der Waals surface area contributed by atoms with Gasteiger partial charge in [0, 0.05) is 64.8 Å². The SMILES string of the molecule is CCN1CCN(C(C)C(=O)N2CCN(c3ncccn3)CC2)CC1. The third kappa shape index (κ3) is 3.84. The van der Waals surface area contributed by atoms with Gasteiger partial charge in [-0.3, -0.25) is 9.69 Å². The molecule has 3 rings (SSSR count). The van der Waals surface area contributed by atoms with Crippen LogP contribution in [0, 0.1) is 0 Å². The fraction of sp³-hybridized carbons (Fsp3) is 0.706. The Balaban J connectivity index is 1.50. The molecule has 7 nitrogen and oxygen atoms in total. The fourth-order valence-corrected chi connectivity index (χ4v) is 3.47. The van der Waals surface area contributed by atoms with Crippen LogP contribution in [0.15, 0.2) is 18.5 Å². The van der Waals surface area contributed by atoms with Crippen molar-refractivity contribution in [3.63, 3.8) is 0 Å². The molecule has 1 aromatic heterocycles. The number of piperazine rings is 2. The van der Waals surface area contributed by atoms with E-state index in [9.17, 15) is 4.79 Å². The van der Waals surface area contributed by atoms with E-state index in [1.54, 1.807) is 12.4 Å². The van der Waals surface area contributed by atoms with Crippen LogP contribution in [-0.2, 0) is 4.79 Å². The number of likely N-dealkylation sites (N-methyl/N-ethyl adjacent to an activating group) is 1. The van der Waals surface area contributed by atoms with Crippen molar-refractivity contribution in [1.29, 1.82) is 0 Å². The molecular formula is C17H28N6O. The summed E-state index contributed by atoms with van der Waals surface area (Å²) in [6.07, 6.45) is 3.52. The van der Waals surface area contributed by atoms with Gasteiger partial charge in [-0.2, -0.15) is 0 Å². The van der Waals surface area contributed by atoms with Gasteiger partial charge in [0.05, 0.1) is 6.04 Å². The molecule has 0 spiro atoms. The van der Waals surface area contributed by atoms with Gasteiger partial charge in [-0.1, -0.05) is 6.92 Å². The Morgan fingerprint density at radius 3 is 2.25 bits per heavy atom. The number of hydrogen-bond acceptors (Lipinski definition) is 6. The lowest BCUT2D eigenvalue weighted by Gasteiger charge is -2.40. The highest BCUT2D eigenvalue weighted by Gasteiger charge is 2.30. The molecule has 1 atom stereocenters. The average molecular weight is 332 g/mol. The third-order valence-electron chi connectivity index (χ3n) is 5.19. The normalized spacial score (nSPS) is 21.8. The van der Waals surface area contributed by atoms with Crippen LogP contribution in [-0.4, -0.2) is 95.5 Å². The van der Waals surface area contributed by atoms with Crippen LogP contribution in [0.1, 0.15) is 13.8 Å². The van der Waals surface area contributed by atoms with Crippen molar-refractivity contribution in [2.45, 2.75) is 19.9 Å². The smallest absolute Gasteiger partial charge is 0.239 e. The van der Waals surface area contributed by atoms with Crippen molar-refractivity contribution in [2.24, 2.45) is 0 Å². The number of hydrogen-bond donors (Lipinski definition) is 0. The summed E-state index contributed by atoms with van der Waals surface area (Å²) in [5, 5.41) is 0. The van der Waals surface area contributed by atoms with E-state index in [4.69, 9.17) is 0 Å². The summed E-state index contributed by atoms with van der Waals surface area (Å²) in [5.41, 5.74) is 0. The Morgan fingerprint density at radius 1 is 1.04 bits per heavy atom. The van der Waals surface area contributed by atoms with Crippen molar-refractivity contribution in [2.75, 3.05) is 63.8 Å². The van der Waals surface area contributed by atoms with Gasteiger partial charge in [-0.25, -0.2) is 9.97 Å². The molecule has 0 aromatic carbocycles. The van der Waals surface area contributed by atoms with E-state index in [0.29, 0.717) is 0 Å². The van der Waals surface area contributed by atoms with Crippen LogP contribution in [0.25, 0.3) is 0 Å². The summed E-state index contributed by atoms with van der Waals surface area (Å²) in [7, 11) is 0. The van der Waals surface area contributed by atoms with Gasteiger partial charge >= 0.3 is 0 Å². The molecule has 0 radical (unpaired) electrons. The molecule has 0 aliphatic carbocycles. The Labute approximate surface area is 144 Å². The van der Waals surface area contributed by atoms with Crippen LogP contribution in [0.5, 0.6) is 0 Å². The standard InChI is InChI=1S/C17H28N6O/c1-3-20-7-9-21(10-8-20)15(2)16(24)22-11-13-23(14-12-22)17-18-5-4-6-19-17/h4-6,15H,3,7-14H2,1-2H3. The van der Waals surface area contributed by atoms with Crippen molar-refractivity contribution in [1.82, 2.24) is 24.7 Å². The maximum absolute atomic E-state index is 12.8. The lowest BCUT2D eigenvalue weighted by atomic mass is 10.2. The van der Waals surface area contributed by atoms with Crippen molar-refractivity contribution < 1.29 is 4.79 Å². The van der Waals surface area contributed by atoms with Gasteiger partial charge in [0.25, 0.3) is 0 Å². The summed E-state index contributed by atoms with van der Waals surface area (Å²) in [6, 6.07) is 1.80. The minimum atomic E-state index is -0.0245. The number of nitrogens with zero attached hydrogens (tertiary/aromatic N) is 6. The summed E-state index contributed by atoms with van der Waals surface area (Å²) in [5.74, 6) is 1.02. The molecule has 0 N–H and O–H groups in total. The molecule has 2 fully saturated rings. The van der Waals surface area contributed by atoms with Crippen molar-refractivity contribution >= 4 is 11.9 Å². The monoisotopic (exact) mass is 332 g/mol. The molecule has 132 valence electrons. The van der Waals surface area contributed by atoms with E-state index in [0.717, 1.165) is 64.9 Å². The molecule has 24 heavy (non-hydrogen) atoms. The van der Waals surface area contributed by atoms with E-state index in [2.05, 4.69) is 38.5 Å². The molecular weight excluding hydrogens is 304 g/mol. The van der Waals surface area contributed by atoms with Gasteiger partial charge in [0.2, 0.25) is 11.9 Å². The second kappa shape index (κ2) is 7.90. The molecule has 2 saturated heterocycles. The highest BCUT2D eigenvalue weighted by molar-refractivity contribution is 5.81. The fourth-order valence-electron chi connectivity index (χ4n) is 3.47. The van der Waals surface area contributed by atoms with Gasteiger partial charge in [0.15, 0.2) is 0 Å². The molecule has 3 heterocycles. The van der Waals surface area contributed by atoms with Crippen molar-refractivity contribution in [3.8, 4) is 0 Å². The molecule has 0 saturated carbocycles. The molecule has 1 amide bonds. The largest absolute Gasteiger partial charge is 0.338 e. The van der Waals surface area contributed by atoms with Crippen molar-refractivity contribution in [3.05, 3.63) is 18.5 Å². The summed E-state index contributed by atoms with van der Waals surface area (Å²) in [4.78, 5) is 30.3. The van der Waals surface area contributed by atoms with E-state index in [1.165, 1.54) is 0 Å². The van der Waals surface area contributed by atoms with Gasteiger partial charge in [-0.15, -0.1) is 0 Å². The van der Waals surface area contributed by atoms with Crippen LogP contribution < -0.4 is 4.90 Å². The van der Waals surface area contributed by atoms with E-state index in [1.807, 2.05) is 11.0 Å². The van der Waals surface area contributed by atoms with Crippen LogP contribution >= 0.6 is 0 Å². The Morgan fingerprint density at radius 2 is 1.67 bits per heavy atom. The number of carbonyl (C=O) groups is 1. The minimum Gasteiger partial charge on any atom is -0.338 e. The lowest BCUT2D eigenvalue weighted by Crippen LogP contribution is -2.57. The van der Waals surface area contributed by atoms with E-state index in [-0.39, 0.29) is 11.9 Å². The maximum atomic E-state index is 12.8. The van der Waals surface area contributed by atoms with Gasteiger partial charge in [0.1, 0.15) is 0 Å². The number of anilines is 1. The van der Waals surface area contributed by atoms with Gasteiger partial charge in [-0.05, 0) is 19.5 Å². The lowest BCUT2D eigenvalue weighted by molar-refractivity contribution is -0.137. The number of rotatable bonds is 4. The summed E-state index contributed by atoms with van der Waals surface area (Å²) < 4.78 is 0. The minimum absolute atomic E-state index is 0.0245. The average Bonchev–Trinajstić information content (AvgIpc) is 2.68. The van der Waals surface area contributed by atoms with E-state index >= 15 is 0 Å². The first-order chi connectivity index (χ1) is 11.7. The highest BCUT2D eigenvalue weighted by Crippen LogP contribution is 2.13. The molecule has 7 heteroatoms. The number of carbonyl (C=O) groups excluding carboxylic acids is 1. The molecule has 1 aromatic rings. The predicted molar refractivity (Wildman–Crippen MR) is 94.0 cm³/mol. The zero-order chi connectivity index (χ0) is 16.9. The first-order valence-electron chi connectivity index (χ1n) is 8.96. The second-order valence-corrected chi connectivity index (χ2v) is 6.51. The topological polar surface area (TPSA) is 55.8 Å². The number of aromatic nitrogens is 2. The quantitative estimate of drug-likeness (QED) is 0.782. The first kappa shape index (κ1) is 17.1. The summed E-state index contributed by atoms with van der Waals surface area (Å²) in [6.45, 7) is 12.5. The zero-order valence-corrected chi connectivity index (χ0v) is 14.8. The Bertz CT molecular complexity index is 523. The maximum Gasteiger partial charge on any atom is 0.239 e. The first-order valence-corrected chi connectivity index (χ1v) is 8.96. The van der Waals surface area contributed by atoms with Gasteiger partial charge < -0.3 is 14.7 Å². The zero-order valence-electron chi connectivity index (χ0n) is 14.8. The molecule has 2 aliphatic rings. The second-order valence-electron chi connectivity index (χ2n) is 6.51. The molecule has 1 unspecified atom stereocenters. The number of amides is 1. The third-order valence-corrected chi connectivity index (χ3v) is 5.19. The molecule has 2 aliphatic heterocycles. The summed E-state index contributed by atoms with van der Waals surface area (Å²) >= 11 is 0.